The van der Waals surface area contributed by atoms with Gasteiger partial charge in [0.15, 0.2) is 5.75 Å². The molecule has 1 aliphatic heterocycles. The van der Waals surface area contributed by atoms with Crippen molar-refractivity contribution in [2.75, 3.05) is 13.1 Å². The molecule has 0 spiro atoms. The molecule has 1 aliphatic rings. The SMILES string of the molecule is CC(C)(C)OC=O.Cc1nc(CC2CCCNCC2)ncc1OCc1ccccc1.Cl. The van der Waals surface area contributed by atoms with Crippen molar-refractivity contribution >= 4 is 18.9 Å². The Hall–Kier alpha value is -2.18. The van der Waals surface area contributed by atoms with Gasteiger partial charge in [-0.1, -0.05) is 30.3 Å². The van der Waals surface area contributed by atoms with Gasteiger partial charge in [-0.25, -0.2) is 9.97 Å². The van der Waals surface area contributed by atoms with Gasteiger partial charge in [-0.3, -0.25) is 4.79 Å². The van der Waals surface area contributed by atoms with E-state index in [2.05, 4.69) is 32.2 Å². The van der Waals surface area contributed by atoms with Crippen LogP contribution in [0.25, 0.3) is 0 Å². The molecule has 1 N–H and O–H groups in total. The fourth-order valence-corrected chi connectivity index (χ4v) is 3.18. The van der Waals surface area contributed by atoms with Crippen LogP contribution in [0.15, 0.2) is 36.5 Å². The van der Waals surface area contributed by atoms with E-state index in [9.17, 15) is 4.79 Å². The Labute approximate surface area is 192 Å². The summed E-state index contributed by atoms with van der Waals surface area (Å²) in [6.45, 7) is 10.7. The van der Waals surface area contributed by atoms with E-state index in [-0.39, 0.29) is 18.0 Å². The van der Waals surface area contributed by atoms with Gasteiger partial charge in [-0.15, -0.1) is 12.4 Å². The second-order valence-corrected chi connectivity index (χ2v) is 8.59. The third-order valence-corrected chi connectivity index (χ3v) is 4.79. The summed E-state index contributed by atoms with van der Waals surface area (Å²) in [5.41, 5.74) is 1.77. The first kappa shape index (κ1) is 26.9. The summed E-state index contributed by atoms with van der Waals surface area (Å²) in [6.07, 6.45) is 6.54. The Morgan fingerprint density at radius 3 is 2.52 bits per heavy atom. The molecule has 2 heterocycles. The summed E-state index contributed by atoms with van der Waals surface area (Å²) < 4.78 is 10.4. The molecule has 0 radical (unpaired) electrons. The number of nitrogens with one attached hydrogen (secondary N) is 1. The van der Waals surface area contributed by atoms with Gasteiger partial charge >= 0.3 is 0 Å². The van der Waals surface area contributed by atoms with E-state index in [0.29, 0.717) is 19.0 Å². The molecular formula is C24H36ClN3O3. The predicted molar refractivity (Wildman–Crippen MR) is 126 cm³/mol. The number of carbonyl (C=O) groups excluding carboxylic acids is 1. The molecule has 1 aromatic carbocycles. The molecule has 172 valence electrons. The molecule has 1 saturated heterocycles. The highest BCUT2D eigenvalue weighted by molar-refractivity contribution is 5.85. The van der Waals surface area contributed by atoms with Gasteiger partial charge in [0.05, 0.1) is 11.9 Å². The molecular weight excluding hydrogens is 414 g/mol. The Kier molecular flexibility index (Phi) is 12.1. The van der Waals surface area contributed by atoms with Crippen LogP contribution in [0.5, 0.6) is 5.75 Å². The Bertz CT molecular complexity index is 758. The van der Waals surface area contributed by atoms with Crippen LogP contribution in [0.1, 0.15) is 57.1 Å². The molecule has 7 heteroatoms. The molecule has 1 atom stereocenters. The van der Waals surface area contributed by atoms with Gasteiger partial charge in [-0.05, 0) is 71.5 Å². The number of halogens is 1. The van der Waals surface area contributed by atoms with Gasteiger partial charge in [-0.2, -0.15) is 0 Å². The largest absolute Gasteiger partial charge is 0.485 e. The normalized spacial score (nSPS) is 16.1. The summed E-state index contributed by atoms with van der Waals surface area (Å²) in [4.78, 5) is 18.8. The number of carbonyl (C=O) groups is 1. The summed E-state index contributed by atoms with van der Waals surface area (Å²) >= 11 is 0. The van der Waals surface area contributed by atoms with Crippen LogP contribution < -0.4 is 10.1 Å². The van der Waals surface area contributed by atoms with Crippen molar-refractivity contribution in [2.24, 2.45) is 5.92 Å². The zero-order chi connectivity index (χ0) is 21.8. The molecule has 1 fully saturated rings. The van der Waals surface area contributed by atoms with Gasteiger partial charge in [0.25, 0.3) is 6.47 Å². The maximum Gasteiger partial charge on any atom is 0.293 e. The van der Waals surface area contributed by atoms with Crippen molar-refractivity contribution in [3.63, 3.8) is 0 Å². The summed E-state index contributed by atoms with van der Waals surface area (Å²) in [5.74, 6) is 2.42. The topological polar surface area (TPSA) is 73.3 Å². The third kappa shape index (κ3) is 11.1. The number of rotatable bonds is 6. The highest BCUT2D eigenvalue weighted by atomic mass is 35.5. The Balaban J connectivity index is 0.000000523. The Morgan fingerprint density at radius 1 is 1.16 bits per heavy atom. The number of nitrogens with zero attached hydrogens (tertiary/aromatic N) is 2. The highest BCUT2D eigenvalue weighted by Gasteiger charge is 2.15. The lowest BCUT2D eigenvalue weighted by molar-refractivity contribution is -0.138. The number of hydrogen-bond donors (Lipinski definition) is 1. The number of aromatic nitrogens is 2. The van der Waals surface area contributed by atoms with Crippen molar-refractivity contribution in [1.29, 1.82) is 0 Å². The van der Waals surface area contributed by atoms with E-state index in [1.54, 1.807) is 0 Å². The molecule has 0 amide bonds. The summed E-state index contributed by atoms with van der Waals surface area (Å²) in [5, 5.41) is 3.45. The predicted octanol–water partition coefficient (Wildman–Crippen LogP) is 4.68. The minimum Gasteiger partial charge on any atom is -0.485 e. The van der Waals surface area contributed by atoms with Gasteiger partial charge in [0.1, 0.15) is 18.0 Å². The lowest BCUT2D eigenvalue weighted by atomic mass is 9.96. The molecule has 1 aromatic heterocycles. The number of benzene rings is 1. The molecule has 0 saturated carbocycles. The van der Waals surface area contributed by atoms with E-state index < -0.39 is 0 Å². The lowest BCUT2D eigenvalue weighted by Crippen LogP contribution is -2.17. The van der Waals surface area contributed by atoms with Crippen molar-refractivity contribution in [3.05, 3.63) is 53.6 Å². The zero-order valence-corrected chi connectivity index (χ0v) is 19.9. The number of aryl methyl sites for hydroxylation is 1. The fraction of sp³-hybridized carbons (Fsp3) is 0.542. The average Bonchev–Trinajstić information content (AvgIpc) is 2.96. The molecule has 31 heavy (non-hydrogen) atoms. The first-order chi connectivity index (χ1) is 14.4. The van der Waals surface area contributed by atoms with Crippen LogP contribution in [0.3, 0.4) is 0 Å². The second kappa shape index (κ2) is 14.0. The molecule has 6 nitrogen and oxygen atoms in total. The third-order valence-electron chi connectivity index (χ3n) is 4.79. The van der Waals surface area contributed by atoms with Crippen LogP contribution in [0.2, 0.25) is 0 Å². The van der Waals surface area contributed by atoms with E-state index in [1.165, 1.54) is 19.3 Å². The quantitative estimate of drug-likeness (QED) is 0.645. The summed E-state index contributed by atoms with van der Waals surface area (Å²) in [7, 11) is 0. The van der Waals surface area contributed by atoms with Crippen molar-refractivity contribution in [3.8, 4) is 5.75 Å². The number of hydrogen-bond acceptors (Lipinski definition) is 6. The standard InChI is InChI=1S/C19H25N3O.C5H10O2.ClH/c1-15-18(23-14-17-6-3-2-4-7-17)13-21-19(22-15)12-16-8-5-10-20-11-9-16;1-5(2,3)7-4-6;/h2-4,6-7,13,16,20H,5,8-12,14H2,1H3;4H,1-3H3;1H. The first-order valence-electron chi connectivity index (χ1n) is 10.7. The maximum atomic E-state index is 9.60. The van der Waals surface area contributed by atoms with E-state index in [1.807, 2.05) is 52.1 Å². The summed E-state index contributed by atoms with van der Waals surface area (Å²) in [6, 6.07) is 10.2. The monoisotopic (exact) mass is 449 g/mol. The van der Waals surface area contributed by atoms with Crippen LogP contribution in [0.4, 0.5) is 0 Å². The molecule has 2 aromatic rings. The van der Waals surface area contributed by atoms with Crippen molar-refractivity contribution < 1.29 is 14.3 Å². The van der Waals surface area contributed by atoms with Gasteiger partial charge in [0.2, 0.25) is 0 Å². The highest BCUT2D eigenvalue weighted by Crippen LogP contribution is 2.20. The average molecular weight is 450 g/mol. The van der Waals surface area contributed by atoms with E-state index in [0.717, 1.165) is 42.3 Å². The zero-order valence-electron chi connectivity index (χ0n) is 19.1. The van der Waals surface area contributed by atoms with Crippen molar-refractivity contribution in [1.82, 2.24) is 15.3 Å². The molecule has 3 rings (SSSR count). The molecule has 0 aliphatic carbocycles. The van der Waals surface area contributed by atoms with E-state index >= 15 is 0 Å². The van der Waals surface area contributed by atoms with E-state index in [4.69, 9.17) is 4.74 Å². The smallest absolute Gasteiger partial charge is 0.293 e. The van der Waals surface area contributed by atoms with Crippen LogP contribution >= 0.6 is 12.4 Å². The molecule has 1 unspecified atom stereocenters. The molecule has 0 bridgehead atoms. The van der Waals surface area contributed by atoms with Crippen LogP contribution in [0, 0.1) is 12.8 Å². The van der Waals surface area contributed by atoms with Crippen LogP contribution in [-0.4, -0.2) is 35.1 Å². The fourth-order valence-electron chi connectivity index (χ4n) is 3.18. The first-order valence-corrected chi connectivity index (χ1v) is 10.7. The van der Waals surface area contributed by atoms with Gasteiger partial charge in [0, 0.05) is 6.42 Å². The number of ether oxygens (including phenoxy) is 2. The Morgan fingerprint density at radius 2 is 1.90 bits per heavy atom. The van der Waals surface area contributed by atoms with Crippen LogP contribution in [-0.2, 0) is 22.6 Å². The van der Waals surface area contributed by atoms with Gasteiger partial charge < -0.3 is 14.8 Å². The second-order valence-electron chi connectivity index (χ2n) is 8.59. The minimum atomic E-state index is -0.318. The van der Waals surface area contributed by atoms with Crippen molar-refractivity contribution in [2.45, 2.75) is 65.6 Å². The lowest BCUT2D eigenvalue weighted by Gasteiger charge is -2.14. The minimum absolute atomic E-state index is 0. The maximum absolute atomic E-state index is 9.60.